The van der Waals surface area contributed by atoms with E-state index >= 15 is 0 Å². The molecule has 2 aliphatic heterocycles. The molecule has 2 atom stereocenters. The number of aryl methyl sites for hydroxylation is 1. The van der Waals surface area contributed by atoms with Crippen LogP contribution in [0.5, 0.6) is 0 Å². The molecule has 1 aromatic rings. The zero-order valence-corrected chi connectivity index (χ0v) is 16.6. The van der Waals surface area contributed by atoms with Crippen molar-refractivity contribution in [1.29, 1.82) is 0 Å². The van der Waals surface area contributed by atoms with Crippen LogP contribution in [0, 0.1) is 0 Å². The lowest BCUT2D eigenvalue weighted by atomic mass is 9.98. The van der Waals surface area contributed by atoms with Crippen molar-refractivity contribution in [2.75, 3.05) is 46.3 Å². The summed E-state index contributed by atoms with van der Waals surface area (Å²) in [6.07, 6.45) is 1.43. The van der Waals surface area contributed by atoms with E-state index in [0.717, 1.165) is 58.7 Å². The third kappa shape index (κ3) is 5.51. The highest BCUT2D eigenvalue weighted by molar-refractivity contribution is 5.23. The van der Waals surface area contributed by atoms with Crippen molar-refractivity contribution in [3.05, 3.63) is 35.4 Å². The molecule has 2 heterocycles. The maximum atomic E-state index is 10.5. The van der Waals surface area contributed by atoms with Crippen molar-refractivity contribution in [2.24, 2.45) is 0 Å². The highest BCUT2D eigenvalue weighted by Crippen LogP contribution is 2.21. The number of piperazine rings is 1. The number of aliphatic hydroxyl groups excluding tert-OH is 1. The summed E-state index contributed by atoms with van der Waals surface area (Å²) in [6, 6.07) is 9.00. The Hall–Kier alpha value is -0.980. The van der Waals surface area contributed by atoms with Crippen LogP contribution >= 0.6 is 0 Å². The smallest absolute Gasteiger partial charge is 0.0834 e. The molecule has 2 N–H and O–H groups in total. The Morgan fingerprint density at radius 3 is 2.23 bits per heavy atom. The van der Waals surface area contributed by atoms with Crippen LogP contribution in [0.2, 0.25) is 0 Å². The first-order chi connectivity index (χ1) is 12.3. The minimum atomic E-state index is -0.608. The van der Waals surface area contributed by atoms with Gasteiger partial charge in [-0.3, -0.25) is 9.80 Å². The second kappa shape index (κ2) is 8.36. The number of benzene rings is 1. The quantitative estimate of drug-likeness (QED) is 0.797. The summed E-state index contributed by atoms with van der Waals surface area (Å²) >= 11 is 0. The number of likely N-dealkylation sites (tertiary alicyclic amines) is 1. The molecule has 2 aliphatic rings. The lowest BCUT2D eigenvalue weighted by Crippen LogP contribution is -2.52. The first kappa shape index (κ1) is 19.8. The van der Waals surface area contributed by atoms with Gasteiger partial charge in [0.25, 0.3) is 0 Å². The van der Waals surface area contributed by atoms with Crippen LogP contribution in [0.25, 0.3) is 0 Å². The molecule has 1 aromatic carbocycles. The number of hydrogen-bond acceptors (Lipinski definition) is 5. The minimum Gasteiger partial charge on any atom is -0.390 e. The molecule has 146 valence electrons. The standard InChI is InChI=1S/C21H35N3O2/c1-21(2,26)9-8-17-4-6-18(7-5-17)14-23-15-19(20(25)16-23)24-12-10-22(3)11-13-24/h4-7,19-20,25-26H,8-16H2,1-3H3/t19-,20-/m0/s1. The summed E-state index contributed by atoms with van der Waals surface area (Å²) in [5.74, 6) is 0. The number of aliphatic hydroxyl groups is 2. The van der Waals surface area contributed by atoms with Gasteiger partial charge < -0.3 is 15.1 Å². The fraction of sp³-hybridized carbons (Fsp3) is 0.714. The van der Waals surface area contributed by atoms with Gasteiger partial charge in [0.15, 0.2) is 0 Å². The molecule has 2 fully saturated rings. The Morgan fingerprint density at radius 2 is 1.62 bits per heavy atom. The van der Waals surface area contributed by atoms with Crippen LogP contribution in [0.4, 0.5) is 0 Å². The van der Waals surface area contributed by atoms with Crippen LogP contribution < -0.4 is 0 Å². The van der Waals surface area contributed by atoms with E-state index in [1.165, 1.54) is 11.1 Å². The molecule has 0 aliphatic carbocycles. The van der Waals surface area contributed by atoms with Crippen LogP contribution in [-0.4, -0.2) is 89.0 Å². The number of β-amino-alcohol motifs (C(OH)–C–C–N with tert-alkyl or cyclic N) is 1. The van der Waals surface area contributed by atoms with Crippen LogP contribution in [-0.2, 0) is 13.0 Å². The topological polar surface area (TPSA) is 50.2 Å². The number of nitrogens with zero attached hydrogens (tertiary/aromatic N) is 3. The molecule has 26 heavy (non-hydrogen) atoms. The van der Waals surface area contributed by atoms with Crippen molar-refractivity contribution >= 4 is 0 Å². The molecular formula is C21H35N3O2. The largest absolute Gasteiger partial charge is 0.390 e. The zero-order chi connectivity index (χ0) is 18.7. The summed E-state index contributed by atoms with van der Waals surface area (Å²) in [7, 11) is 2.17. The Kier molecular flexibility index (Phi) is 6.36. The highest BCUT2D eigenvalue weighted by Gasteiger charge is 2.36. The van der Waals surface area contributed by atoms with Gasteiger partial charge in [-0.2, -0.15) is 0 Å². The van der Waals surface area contributed by atoms with Crippen LogP contribution in [0.15, 0.2) is 24.3 Å². The average molecular weight is 362 g/mol. The van der Waals surface area contributed by atoms with E-state index in [1.54, 1.807) is 0 Å². The van der Waals surface area contributed by atoms with Gasteiger partial charge in [0.1, 0.15) is 0 Å². The van der Waals surface area contributed by atoms with E-state index < -0.39 is 5.60 Å². The molecule has 5 nitrogen and oxygen atoms in total. The van der Waals surface area contributed by atoms with Crippen LogP contribution in [0.3, 0.4) is 0 Å². The van der Waals surface area contributed by atoms with Crippen molar-refractivity contribution in [2.45, 2.75) is 51.0 Å². The summed E-state index contributed by atoms with van der Waals surface area (Å²) in [5.41, 5.74) is 1.96. The molecule has 0 bridgehead atoms. The van der Waals surface area contributed by atoms with Gasteiger partial charge in [0.2, 0.25) is 0 Å². The molecule has 0 aromatic heterocycles. The maximum absolute atomic E-state index is 10.5. The van der Waals surface area contributed by atoms with Gasteiger partial charge in [-0.1, -0.05) is 24.3 Å². The third-order valence-corrected chi connectivity index (χ3v) is 5.80. The predicted octanol–water partition coefficient (Wildman–Crippen LogP) is 1.18. The Balaban J connectivity index is 1.50. The van der Waals surface area contributed by atoms with Crippen molar-refractivity contribution in [3.8, 4) is 0 Å². The number of hydrogen-bond donors (Lipinski definition) is 2. The van der Waals surface area contributed by atoms with E-state index in [-0.39, 0.29) is 12.1 Å². The first-order valence-electron chi connectivity index (χ1n) is 9.93. The predicted molar refractivity (Wildman–Crippen MR) is 105 cm³/mol. The zero-order valence-electron chi connectivity index (χ0n) is 16.6. The highest BCUT2D eigenvalue weighted by atomic mass is 16.3. The van der Waals surface area contributed by atoms with Gasteiger partial charge in [0, 0.05) is 51.9 Å². The van der Waals surface area contributed by atoms with E-state index in [9.17, 15) is 10.2 Å². The fourth-order valence-electron chi connectivity index (χ4n) is 4.01. The summed E-state index contributed by atoms with van der Waals surface area (Å²) in [5, 5.41) is 20.4. The molecule has 0 unspecified atom stereocenters. The minimum absolute atomic E-state index is 0.246. The number of likely N-dealkylation sites (N-methyl/N-ethyl adjacent to an activating group) is 1. The van der Waals surface area contributed by atoms with Gasteiger partial charge in [-0.15, -0.1) is 0 Å². The van der Waals surface area contributed by atoms with E-state index in [1.807, 2.05) is 13.8 Å². The Bertz CT molecular complexity index is 562. The summed E-state index contributed by atoms with van der Waals surface area (Å²) < 4.78 is 0. The molecule has 0 amide bonds. The second-order valence-electron chi connectivity index (χ2n) is 8.80. The molecule has 0 saturated carbocycles. The molecule has 3 rings (SSSR count). The average Bonchev–Trinajstić information content (AvgIpc) is 2.94. The van der Waals surface area contributed by atoms with Gasteiger partial charge in [-0.05, 0) is 44.9 Å². The first-order valence-corrected chi connectivity index (χ1v) is 9.93. The Morgan fingerprint density at radius 1 is 1.00 bits per heavy atom. The normalized spacial score (nSPS) is 26.5. The van der Waals surface area contributed by atoms with Crippen LogP contribution in [0.1, 0.15) is 31.4 Å². The lowest BCUT2D eigenvalue weighted by Gasteiger charge is -2.37. The van der Waals surface area contributed by atoms with E-state index in [2.05, 4.69) is 46.0 Å². The van der Waals surface area contributed by atoms with E-state index in [0.29, 0.717) is 0 Å². The third-order valence-electron chi connectivity index (χ3n) is 5.80. The van der Waals surface area contributed by atoms with E-state index in [4.69, 9.17) is 0 Å². The molecule has 0 radical (unpaired) electrons. The monoisotopic (exact) mass is 361 g/mol. The Labute approximate surface area is 158 Å². The van der Waals surface area contributed by atoms with Gasteiger partial charge >= 0.3 is 0 Å². The SMILES string of the molecule is CN1CCN([C@H]2CN(Cc3ccc(CCC(C)(C)O)cc3)C[C@@H]2O)CC1. The fourth-order valence-corrected chi connectivity index (χ4v) is 4.01. The van der Waals surface area contributed by atoms with Crippen molar-refractivity contribution < 1.29 is 10.2 Å². The molecule has 2 saturated heterocycles. The molecule has 0 spiro atoms. The second-order valence-corrected chi connectivity index (χ2v) is 8.80. The van der Waals surface area contributed by atoms with Crippen molar-refractivity contribution in [3.63, 3.8) is 0 Å². The van der Waals surface area contributed by atoms with Crippen molar-refractivity contribution in [1.82, 2.24) is 14.7 Å². The van der Waals surface area contributed by atoms with Gasteiger partial charge in [0.05, 0.1) is 11.7 Å². The summed E-state index contributed by atoms with van der Waals surface area (Å²) in [4.78, 5) is 7.19. The number of rotatable bonds is 6. The lowest BCUT2D eigenvalue weighted by molar-refractivity contribution is 0.0512. The molecular weight excluding hydrogens is 326 g/mol. The maximum Gasteiger partial charge on any atom is 0.0834 e. The summed E-state index contributed by atoms with van der Waals surface area (Å²) in [6.45, 7) is 10.6. The molecule has 5 heteroatoms. The van der Waals surface area contributed by atoms with Gasteiger partial charge in [-0.25, -0.2) is 0 Å².